The molecule has 1 aliphatic rings. The molecule has 0 aliphatic carbocycles. The summed E-state index contributed by atoms with van der Waals surface area (Å²) in [5.74, 6) is 2.35. The summed E-state index contributed by atoms with van der Waals surface area (Å²) < 4.78 is 0. The van der Waals surface area contributed by atoms with Gasteiger partial charge in [0.1, 0.15) is 5.82 Å². The normalized spacial score (nSPS) is 14.7. The van der Waals surface area contributed by atoms with Crippen molar-refractivity contribution in [2.24, 2.45) is 0 Å². The Morgan fingerprint density at radius 1 is 1.00 bits per heavy atom. The number of para-hydroxylation sites is 1. The molecule has 1 fully saturated rings. The van der Waals surface area contributed by atoms with E-state index in [0.29, 0.717) is 30.9 Å². The van der Waals surface area contributed by atoms with Gasteiger partial charge >= 0.3 is 0 Å². The van der Waals surface area contributed by atoms with Crippen molar-refractivity contribution in [3.63, 3.8) is 0 Å². The molecule has 6 heteroatoms. The molecule has 1 aliphatic heterocycles. The minimum Gasteiger partial charge on any atom is -0.342 e. The molecule has 0 bridgehead atoms. The van der Waals surface area contributed by atoms with Crippen LogP contribution in [0.2, 0.25) is 0 Å². The lowest BCUT2D eigenvalue weighted by molar-refractivity contribution is -0.118. The van der Waals surface area contributed by atoms with Crippen LogP contribution in [-0.2, 0) is 4.79 Å². The van der Waals surface area contributed by atoms with E-state index < -0.39 is 0 Å². The van der Waals surface area contributed by atoms with Gasteiger partial charge in [-0.15, -0.1) is 0 Å². The van der Waals surface area contributed by atoms with Crippen molar-refractivity contribution in [1.29, 1.82) is 0 Å². The predicted molar refractivity (Wildman–Crippen MR) is 110 cm³/mol. The summed E-state index contributed by atoms with van der Waals surface area (Å²) in [6, 6.07) is 8.40. The number of nitrogens with zero attached hydrogens (tertiary/aromatic N) is 4. The van der Waals surface area contributed by atoms with E-state index in [1.54, 1.807) is 11.1 Å². The zero-order valence-electron chi connectivity index (χ0n) is 16.6. The molecule has 1 aromatic carbocycles. The molecule has 27 heavy (non-hydrogen) atoms. The van der Waals surface area contributed by atoms with Gasteiger partial charge in [0, 0.05) is 38.1 Å². The Morgan fingerprint density at radius 2 is 1.63 bits per heavy atom. The van der Waals surface area contributed by atoms with Crippen LogP contribution in [0.15, 0.2) is 30.5 Å². The topological polar surface area (TPSA) is 61.4 Å². The van der Waals surface area contributed by atoms with Gasteiger partial charge in [0.05, 0.1) is 0 Å². The molecule has 1 saturated heterocycles. The molecule has 0 saturated carbocycles. The maximum absolute atomic E-state index is 10.9. The van der Waals surface area contributed by atoms with Crippen LogP contribution in [0.3, 0.4) is 0 Å². The van der Waals surface area contributed by atoms with Gasteiger partial charge in [-0.05, 0) is 29.0 Å². The monoisotopic (exact) mass is 367 g/mol. The van der Waals surface area contributed by atoms with Crippen LogP contribution >= 0.6 is 0 Å². The minimum atomic E-state index is 0.420. The number of aromatic nitrogens is 2. The van der Waals surface area contributed by atoms with E-state index in [1.807, 2.05) is 6.07 Å². The Labute approximate surface area is 161 Å². The second-order valence-electron chi connectivity index (χ2n) is 7.62. The molecule has 2 aromatic rings. The molecular formula is C21H29N5O. The summed E-state index contributed by atoms with van der Waals surface area (Å²) in [6.45, 7) is 11.8. The summed E-state index contributed by atoms with van der Waals surface area (Å²) in [5, 5.41) is 3.56. The largest absolute Gasteiger partial charge is 0.342 e. The third-order valence-corrected chi connectivity index (χ3v) is 5.02. The zero-order valence-corrected chi connectivity index (χ0v) is 16.6. The fourth-order valence-electron chi connectivity index (χ4n) is 3.42. The van der Waals surface area contributed by atoms with Crippen molar-refractivity contribution in [2.75, 3.05) is 36.4 Å². The molecule has 0 spiro atoms. The van der Waals surface area contributed by atoms with Gasteiger partial charge in [-0.1, -0.05) is 45.9 Å². The van der Waals surface area contributed by atoms with E-state index in [2.05, 4.69) is 61.1 Å². The molecule has 1 amide bonds. The van der Waals surface area contributed by atoms with Crippen molar-refractivity contribution >= 4 is 23.9 Å². The molecule has 0 unspecified atom stereocenters. The SMILES string of the molecule is CC(C)c1cccc(C(C)C)c1Nc1ccnc(N2CCN(C=O)CC2)n1. The molecule has 3 rings (SSSR count). The Bertz CT molecular complexity index is 756. The smallest absolute Gasteiger partial charge is 0.227 e. The molecule has 1 N–H and O–H groups in total. The fourth-order valence-corrected chi connectivity index (χ4v) is 3.42. The predicted octanol–water partition coefficient (Wildman–Crippen LogP) is 3.75. The van der Waals surface area contributed by atoms with E-state index in [4.69, 9.17) is 4.98 Å². The number of carbonyl (C=O) groups excluding carboxylic acids is 1. The van der Waals surface area contributed by atoms with Gasteiger partial charge in [-0.3, -0.25) is 4.79 Å². The number of piperazine rings is 1. The molecule has 6 nitrogen and oxygen atoms in total. The molecule has 144 valence electrons. The first-order chi connectivity index (χ1) is 13.0. The Balaban J connectivity index is 1.86. The highest BCUT2D eigenvalue weighted by atomic mass is 16.1. The third-order valence-electron chi connectivity index (χ3n) is 5.02. The molecular weight excluding hydrogens is 338 g/mol. The minimum absolute atomic E-state index is 0.420. The van der Waals surface area contributed by atoms with E-state index >= 15 is 0 Å². The lowest BCUT2D eigenvalue weighted by Gasteiger charge is -2.32. The summed E-state index contributed by atoms with van der Waals surface area (Å²) >= 11 is 0. The highest BCUT2D eigenvalue weighted by molar-refractivity contribution is 5.67. The van der Waals surface area contributed by atoms with Crippen LogP contribution in [0.25, 0.3) is 0 Å². The first kappa shape index (κ1) is 19.1. The maximum Gasteiger partial charge on any atom is 0.227 e. The molecule has 0 atom stereocenters. The van der Waals surface area contributed by atoms with Crippen molar-refractivity contribution in [3.8, 4) is 0 Å². The van der Waals surface area contributed by atoms with Crippen molar-refractivity contribution in [3.05, 3.63) is 41.6 Å². The van der Waals surface area contributed by atoms with Crippen molar-refractivity contribution in [2.45, 2.75) is 39.5 Å². The highest BCUT2D eigenvalue weighted by Crippen LogP contribution is 2.34. The Morgan fingerprint density at radius 3 is 2.19 bits per heavy atom. The maximum atomic E-state index is 10.9. The quantitative estimate of drug-likeness (QED) is 0.788. The lowest BCUT2D eigenvalue weighted by Crippen LogP contribution is -2.46. The second-order valence-corrected chi connectivity index (χ2v) is 7.62. The number of nitrogens with one attached hydrogen (secondary N) is 1. The number of carbonyl (C=O) groups is 1. The Hall–Kier alpha value is -2.63. The average Bonchev–Trinajstić information content (AvgIpc) is 2.68. The summed E-state index contributed by atoms with van der Waals surface area (Å²) in [7, 11) is 0. The molecule has 1 aromatic heterocycles. The van der Waals surface area contributed by atoms with Gasteiger partial charge in [-0.2, -0.15) is 4.98 Å². The molecule has 0 radical (unpaired) electrons. The third kappa shape index (κ3) is 4.38. The first-order valence-corrected chi connectivity index (χ1v) is 9.66. The second kappa shape index (κ2) is 8.37. The summed E-state index contributed by atoms with van der Waals surface area (Å²) in [5.41, 5.74) is 3.74. The van der Waals surface area contributed by atoms with Crippen LogP contribution < -0.4 is 10.2 Å². The summed E-state index contributed by atoms with van der Waals surface area (Å²) in [4.78, 5) is 24.0. The van der Waals surface area contributed by atoms with Crippen LogP contribution in [0, 0.1) is 0 Å². The number of rotatable bonds is 6. The van der Waals surface area contributed by atoms with Gasteiger partial charge < -0.3 is 15.1 Å². The van der Waals surface area contributed by atoms with Crippen molar-refractivity contribution in [1.82, 2.24) is 14.9 Å². The van der Waals surface area contributed by atoms with E-state index in [-0.39, 0.29) is 0 Å². The number of hydrogen-bond donors (Lipinski definition) is 1. The van der Waals surface area contributed by atoms with Crippen LogP contribution in [0.1, 0.15) is 50.7 Å². The van der Waals surface area contributed by atoms with Gasteiger partial charge in [0.25, 0.3) is 0 Å². The van der Waals surface area contributed by atoms with Crippen LogP contribution in [0.4, 0.5) is 17.5 Å². The number of amides is 1. The number of benzene rings is 1. The van der Waals surface area contributed by atoms with Crippen LogP contribution in [-0.4, -0.2) is 47.5 Å². The summed E-state index contributed by atoms with van der Waals surface area (Å²) in [6.07, 6.45) is 2.70. The number of anilines is 3. The van der Waals surface area contributed by atoms with Gasteiger partial charge in [-0.25, -0.2) is 4.98 Å². The van der Waals surface area contributed by atoms with E-state index in [0.717, 1.165) is 31.0 Å². The lowest BCUT2D eigenvalue weighted by atomic mass is 9.92. The standard InChI is InChI=1S/C21H29N5O/c1-15(2)17-6-5-7-18(16(3)4)20(17)23-19-8-9-22-21(24-19)26-12-10-25(14-27)11-13-26/h5-9,14-16H,10-13H2,1-4H3,(H,22,23,24). The van der Waals surface area contributed by atoms with E-state index in [1.165, 1.54) is 11.1 Å². The Kier molecular flexibility index (Phi) is 5.94. The van der Waals surface area contributed by atoms with Crippen LogP contribution in [0.5, 0.6) is 0 Å². The average molecular weight is 367 g/mol. The van der Waals surface area contributed by atoms with Crippen molar-refractivity contribution < 1.29 is 4.79 Å². The first-order valence-electron chi connectivity index (χ1n) is 9.66. The van der Waals surface area contributed by atoms with E-state index in [9.17, 15) is 4.79 Å². The fraction of sp³-hybridized carbons (Fsp3) is 0.476. The van der Waals surface area contributed by atoms with Gasteiger partial charge in [0.2, 0.25) is 12.4 Å². The number of hydrogen-bond acceptors (Lipinski definition) is 5. The highest BCUT2D eigenvalue weighted by Gasteiger charge is 2.19. The zero-order chi connectivity index (χ0) is 19.4. The molecule has 2 heterocycles. The van der Waals surface area contributed by atoms with Gasteiger partial charge in [0.15, 0.2) is 0 Å².